The lowest BCUT2D eigenvalue weighted by atomic mass is 10.2. The van der Waals surface area contributed by atoms with Crippen molar-refractivity contribution in [1.82, 2.24) is 14.5 Å². The highest BCUT2D eigenvalue weighted by molar-refractivity contribution is 5.78. The minimum absolute atomic E-state index is 0.206. The minimum Gasteiger partial charge on any atom is -0.371 e. The molecule has 3 N–H and O–H groups in total. The van der Waals surface area contributed by atoms with Crippen molar-refractivity contribution in [2.45, 2.75) is 19.5 Å². The zero-order valence-electron chi connectivity index (χ0n) is 16.8. The van der Waals surface area contributed by atoms with Gasteiger partial charge in [-0.25, -0.2) is 4.98 Å². The number of nitrogens with two attached hydrogens (primary N) is 1. The summed E-state index contributed by atoms with van der Waals surface area (Å²) in [6.45, 7) is 1.99. The number of nitrogen functional groups attached to an aromatic ring is 1. The fourth-order valence-electron chi connectivity index (χ4n) is 3.32. The van der Waals surface area contributed by atoms with Crippen LogP contribution in [0.3, 0.4) is 0 Å². The molecule has 0 saturated carbocycles. The van der Waals surface area contributed by atoms with Gasteiger partial charge in [0, 0.05) is 6.42 Å². The predicted molar refractivity (Wildman–Crippen MR) is 110 cm³/mol. The monoisotopic (exact) mass is 429 g/mol. The Labute approximate surface area is 175 Å². The van der Waals surface area contributed by atoms with Crippen LogP contribution in [-0.4, -0.2) is 21.6 Å². The predicted octanol–water partition coefficient (Wildman–Crippen LogP) is 3.67. The number of aromatic nitrogens is 4. The summed E-state index contributed by atoms with van der Waals surface area (Å²) in [7, 11) is 1.42. The molecule has 0 aliphatic heterocycles. The number of benzene rings is 2. The first-order valence-corrected chi connectivity index (χ1v) is 9.50. The molecule has 7 nitrogen and oxygen atoms in total. The van der Waals surface area contributed by atoms with Crippen LogP contribution in [-0.2, 0) is 12.6 Å². The van der Waals surface area contributed by atoms with Gasteiger partial charge >= 0.3 is 12.1 Å². The Hall–Kier alpha value is -3.82. The second-order valence-corrected chi connectivity index (χ2v) is 6.75. The third-order valence-electron chi connectivity index (χ3n) is 4.75. The quantitative estimate of drug-likeness (QED) is 0.473. The molecular weight excluding hydrogens is 409 g/mol. The van der Waals surface area contributed by atoms with Crippen molar-refractivity contribution in [3.63, 3.8) is 0 Å². The Kier molecular flexibility index (Phi) is 5.14. The lowest BCUT2D eigenvalue weighted by Crippen LogP contribution is -2.46. The summed E-state index contributed by atoms with van der Waals surface area (Å²) in [4.78, 5) is 14.6. The van der Waals surface area contributed by atoms with Crippen LogP contribution in [0, 0.1) is 0 Å². The molecule has 0 bridgehead atoms. The smallest absolute Gasteiger partial charge is 0.371 e. The number of imidazole rings is 1. The summed E-state index contributed by atoms with van der Waals surface area (Å²) in [5.74, 6) is 1.76. The van der Waals surface area contributed by atoms with Gasteiger partial charge in [0.1, 0.15) is 12.9 Å². The third-order valence-corrected chi connectivity index (χ3v) is 4.75. The maximum atomic E-state index is 12.8. The van der Waals surface area contributed by atoms with Crippen LogP contribution in [0.15, 0.2) is 54.6 Å². The number of fused-ring (bicyclic) bond motifs is 1. The second-order valence-electron chi connectivity index (χ2n) is 6.75. The first kappa shape index (κ1) is 20.5. The maximum Gasteiger partial charge on any atom is 0.416 e. The van der Waals surface area contributed by atoms with Gasteiger partial charge in [-0.2, -0.15) is 13.2 Å². The molecule has 0 amide bonds. The molecule has 0 aliphatic rings. The highest BCUT2D eigenvalue weighted by Crippen LogP contribution is 2.30. The van der Waals surface area contributed by atoms with E-state index >= 15 is 0 Å². The third kappa shape index (κ3) is 3.83. The Morgan fingerprint density at radius 2 is 1.81 bits per heavy atom. The fraction of sp³-hybridized carbons (Fsp3) is 0.190. The molecule has 0 unspecified atom stereocenters. The van der Waals surface area contributed by atoms with Gasteiger partial charge in [0.15, 0.2) is 0 Å². The van der Waals surface area contributed by atoms with Crippen molar-refractivity contribution >= 4 is 28.5 Å². The summed E-state index contributed by atoms with van der Waals surface area (Å²) in [5, 5.41) is 2.98. The molecule has 0 fully saturated rings. The van der Waals surface area contributed by atoms with Crippen molar-refractivity contribution in [1.29, 1.82) is 0 Å². The van der Waals surface area contributed by atoms with E-state index in [-0.39, 0.29) is 11.8 Å². The number of alkyl halides is 3. The van der Waals surface area contributed by atoms with Crippen molar-refractivity contribution in [3.8, 4) is 5.82 Å². The second kappa shape index (κ2) is 7.78. The molecule has 0 saturated heterocycles. The summed E-state index contributed by atoms with van der Waals surface area (Å²) in [5.41, 5.74) is 7.53. The standard InChI is InChI=1S/C21H19F3N6O/c1-3-18-27-15-6-4-5-7-16(15)29(18)19-12-17(25)30(31-2)20(28-19)26-14-10-8-13(9-11-14)21(22,23)24/h4-12H,3H2,1-2H3,(H2,25,26,28)/p+1. The minimum atomic E-state index is -4.41. The largest absolute Gasteiger partial charge is 0.416 e. The molecule has 4 rings (SSSR count). The van der Waals surface area contributed by atoms with Gasteiger partial charge in [0.25, 0.3) is 0 Å². The molecule has 2 aromatic carbocycles. The van der Waals surface area contributed by atoms with Gasteiger partial charge in [0.05, 0.1) is 28.4 Å². The van der Waals surface area contributed by atoms with E-state index < -0.39 is 11.7 Å². The van der Waals surface area contributed by atoms with E-state index in [1.165, 1.54) is 24.0 Å². The number of hydrogen-bond donors (Lipinski definition) is 2. The fourth-order valence-corrected chi connectivity index (χ4v) is 3.32. The molecule has 0 atom stereocenters. The average Bonchev–Trinajstić information content (AvgIpc) is 3.12. The summed E-state index contributed by atoms with van der Waals surface area (Å²) in [6, 6.07) is 13.9. The Morgan fingerprint density at radius 1 is 1.10 bits per heavy atom. The van der Waals surface area contributed by atoms with Crippen LogP contribution in [0.2, 0.25) is 0 Å². The molecule has 2 heterocycles. The van der Waals surface area contributed by atoms with Gasteiger partial charge in [0.2, 0.25) is 11.6 Å². The number of aryl methyl sites for hydroxylation is 1. The highest BCUT2D eigenvalue weighted by atomic mass is 19.4. The summed E-state index contributed by atoms with van der Waals surface area (Å²) >= 11 is 0. The van der Waals surface area contributed by atoms with E-state index in [0.29, 0.717) is 17.9 Å². The Morgan fingerprint density at radius 3 is 2.45 bits per heavy atom. The van der Waals surface area contributed by atoms with Crippen LogP contribution in [0.5, 0.6) is 0 Å². The van der Waals surface area contributed by atoms with Gasteiger partial charge in [-0.15, -0.1) is 0 Å². The average molecular weight is 429 g/mol. The van der Waals surface area contributed by atoms with Gasteiger partial charge in [-0.1, -0.05) is 24.0 Å². The van der Waals surface area contributed by atoms with Crippen LogP contribution in [0.1, 0.15) is 18.3 Å². The molecule has 4 aromatic rings. The number of hydrogen-bond acceptors (Lipinski definition) is 5. The zero-order chi connectivity index (χ0) is 22.2. The maximum absolute atomic E-state index is 12.8. The number of halogens is 3. The van der Waals surface area contributed by atoms with Gasteiger partial charge < -0.3 is 10.6 Å². The van der Waals surface area contributed by atoms with Crippen molar-refractivity contribution in [2.75, 3.05) is 18.2 Å². The zero-order valence-corrected chi connectivity index (χ0v) is 16.8. The van der Waals surface area contributed by atoms with Gasteiger partial charge in [-0.05, 0) is 41.1 Å². The molecule has 0 aliphatic carbocycles. The lowest BCUT2D eigenvalue weighted by Gasteiger charge is -2.12. The molecule has 160 valence electrons. The van der Waals surface area contributed by atoms with E-state index in [1.54, 1.807) is 6.07 Å². The number of rotatable bonds is 5. The highest BCUT2D eigenvalue weighted by Gasteiger charge is 2.30. The molecule has 10 heteroatoms. The number of anilines is 3. The number of para-hydroxylation sites is 2. The normalized spacial score (nSPS) is 11.6. The molecular formula is C21H20F3N6O+. The van der Waals surface area contributed by atoms with Crippen molar-refractivity contribution < 1.29 is 22.7 Å². The van der Waals surface area contributed by atoms with Crippen LogP contribution < -0.4 is 20.6 Å². The van der Waals surface area contributed by atoms with Crippen molar-refractivity contribution in [3.05, 3.63) is 66.0 Å². The lowest BCUT2D eigenvalue weighted by molar-refractivity contribution is -0.864. The van der Waals surface area contributed by atoms with Crippen LogP contribution >= 0.6 is 0 Å². The molecule has 2 aromatic heterocycles. The summed E-state index contributed by atoms with van der Waals surface area (Å²) in [6.07, 6.45) is -3.75. The van der Waals surface area contributed by atoms with E-state index in [0.717, 1.165) is 29.0 Å². The van der Waals surface area contributed by atoms with Gasteiger partial charge in [-0.3, -0.25) is 9.88 Å². The van der Waals surface area contributed by atoms with Crippen LogP contribution in [0.25, 0.3) is 16.9 Å². The van der Waals surface area contributed by atoms with E-state index in [2.05, 4.69) is 15.3 Å². The Bertz CT molecular complexity index is 1230. The number of nitrogens with one attached hydrogen (secondary N) is 1. The van der Waals surface area contributed by atoms with Crippen molar-refractivity contribution in [2.24, 2.45) is 0 Å². The van der Waals surface area contributed by atoms with E-state index in [4.69, 9.17) is 10.6 Å². The number of nitrogens with zero attached hydrogens (tertiary/aromatic N) is 4. The SMILES string of the molecule is CCc1nc2ccccc2n1-c1cc(N)[n+](OC)c(Nc2ccc(C(F)(F)F)cc2)n1. The molecule has 0 radical (unpaired) electrons. The molecule has 31 heavy (non-hydrogen) atoms. The van der Waals surface area contributed by atoms with Crippen LogP contribution in [0.4, 0.5) is 30.6 Å². The molecule has 0 spiro atoms. The Balaban J connectivity index is 1.80. The topological polar surface area (TPSA) is 81.9 Å². The first-order valence-electron chi connectivity index (χ1n) is 9.50. The van der Waals surface area contributed by atoms with E-state index in [1.807, 2.05) is 35.8 Å². The van der Waals surface area contributed by atoms with E-state index in [9.17, 15) is 13.2 Å². The summed E-state index contributed by atoms with van der Waals surface area (Å²) < 4.78 is 41.7. The first-order chi connectivity index (χ1) is 14.8.